The first-order valence-corrected chi connectivity index (χ1v) is 8.30. The molecule has 0 bridgehead atoms. The van der Waals surface area contributed by atoms with Crippen molar-refractivity contribution < 1.29 is 4.79 Å². The predicted octanol–water partition coefficient (Wildman–Crippen LogP) is 4.26. The summed E-state index contributed by atoms with van der Waals surface area (Å²) in [5.74, 6) is 0.0716. The summed E-state index contributed by atoms with van der Waals surface area (Å²) < 4.78 is 2.06. The van der Waals surface area contributed by atoms with E-state index in [1.165, 1.54) is 11.3 Å². The molecule has 2 N–H and O–H groups in total. The van der Waals surface area contributed by atoms with E-state index in [2.05, 4.69) is 29.8 Å². The molecule has 1 saturated heterocycles. The SMILES string of the molecule is CC1(C)CCCN1C(=O)c1sc2cc(Br)ccc2c1N. The number of carbonyl (C=O) groups excluding carboxylic acids is 1. The minimum atomic E-state index is -0.0692. The van der Waals surface area contributed by atoms with Crippen LogP contribution in [-0.2, 0) is 0 Å². The molecule has 1 aliphatic rings. The fourth-order valence-corrected chi connectivity index (χ4v) is 4.48. The molecule has 2 aromatic rings. The van der Waals surface area contributed by atoms with Crippen LogP contribution in [0.25, 0.3) is 10.1 Å². The van der Waals surface area contributed by atoms with Crippen LogP contribution < -0.4 is 5.73 Å². The quantitative estimate of drug-likeness (QED) is 0.833. The van der Waals surface area contributed by atoms with Gasteiger partial charge in [0.05, 0.1) is 5.69 Å². The maximum absolute atomic E-state index is 12.8. The van der Waals surface area contributed by atoms with Gasteiger partial charge in [-0.3, -0.25) is 4.79 Å². The fourth-order valence-electron chi connectivity index (χ4n) is 2.86. The number of amides is 1. The Morgan fingerprint density at radius 1 is 1.45 bits per heavy atom. The van der Waals surface area contributed by atoms with Crippen molar-refractivity contribution >= 4 is 48.9 Å². The number of nitrogen functional groups attached to an aromatic ring is 1. The van der Waals surface area contributed by atoms with Crippen molar-refractivity contribution in [2.24, 2.45) is 0 Å². The van der Waals surface area contributed by atoms with Crippen molar-refractivity contribution in [1.82, 2.24) is 4.90 Å². The lowest BCUT2D eigenvalue weighted by Crippen LogP contribution is -2.42. The van der Waals surface area contributed by atoms with Crippen LogP contribution in [0.3, 0.4) is 0 Å². The number of nitrogens with zero attached hydrogens (tertiary/aromatic N) is 1. The summed E-state index contributed by atoms with van der Waals surface area (Å²) in [6, 6.07) is 5.94. The van der Waals surface area contributed by atoms with Crippen LogP contribution in [-0.4, -0.2) is 22.9 Å². The second kappa shape index (κ2) is 4.74. The van der Waals surface area contributed by atoms with Crippen molar-refractivity contribution in [1.29, 1.82) is 0 Å². The molecule has 0 atom stereocenters. The molecule has 0 saturated carbocycles. The van der Waals surface area contributed by atoms with E-state index in [0.29, 0.717) is 10.6 Å². The number of thiophene rings is 1. The molecule has 0 spiro atoms. The molecule has 0 radical (unpaired) electrons. The maximum atomic E-state index is 12.8. The smallest absolute Gasteiger partial charge is 0.266 e. The third-order valence-corrected chi connectivity index (χ3v) is 5.68. The van der Waals surface area contributed by atoms with Gasteiger partial charge in [-0.15, -0.1) is 11.3 Å². The van der Waals surface area contributed by atoms with Crippen LogP contribution in [0.5, 0.6) is 0 Å². The van der Waals surface area contributed by atoms with Crippen LogP contribution >= 0.6 is 27.3 Å². The van der Waals surface area contributed by atoms with Gasteiger partial charge in [0.25, 0.3) is 5.91 Å². The Bertz CT molecular complexity index is 692. The zero-order valence-corrected chi connectivity index (χ0v) is 14.0. The Morgan fingerprint density at radius 2 is 2.20 bits per heavy atom. The van der Waals surface area contributed by atoms with E-state index < -0.39 is 0 Å². The first kappa shape index (κ1) is 13.9. The molecule has 1 amide bonds. The molecule has 0 unspecified atom stereocenters. The van der Waals surface area contributed by atoms with Crippen molar-refractivity contribution in [2.45, 2.75) is 32.2 Å². The van der Waals surface area contributed by atoms with Gasteiger partial charge in [-0.05, 0) is 38.8 Å². The molecular weight excluding hydrogens is 336 g/mol. The molecule has 20 heavy (non-hydrogen) atoms. The first-order chi connectivity index (χ1) is 9.40. The van der Waals surface area contributed by atoms with Gasteiger partial charge < -0.3 is 10.6 Å². The molecule has 5 heteroatoms. The second-order valence-corrected chi connectivity index (χ2v) is 7.83. The fraction of sp³-hybridized carbons (Fsp3) is 0.400. The van der Waals surface area contributed by atoms with Gasteiger partial charge in [0, 0.05) is 26.6 Å². The Morgan fingerprint density at radius 3 is 2.85 bits per heavy atom. The van der Waals surface area contributed by atoms with Gasteiger partial charge in [-0.1, -0.05) is 22.0 Å². The molecule has 2 heterocycles. The summed E-state index contributed by atoms with van der Waals surface area (Å²) in [4.78, 5) is 15.4. The molecule has 3 rings (SSSR count). The van der Waals surface area contributed by atoms with Crippen molar-refractivity contribution in [3.63, 3.8) is 0 Å². The van der Waals surface area contributed by atoms with Crippen molar-refractivity contribution in [3.05, 3.63) is 27.5 Å². The minimum Gasteiger partial charge on any atom is -0.397 e. The molecule has 1 fully saturated rings. The van der Waals surface area contributed by atoms with Gasteiger partial charge >= 0.3 is 0 Å². The van der Waals surface area contributed by atoms with Crippen LogP contribution in [0.1, 0.15) is 36.4 Å². The van der Waals surface area contributed by atoms with E-state index in [1.54, 1.807) is 0 Å². The number of benzene rings is 1. The van der Waals surface area contributed by atoms with Crippen molar-refractivity contribution in [3.8, 4) is 0 Å². The van der Waals surface area contributed by atoms with Gasteiger partial charge in [-0.2, -0.15) is 0 Å². The average Bonchev–Trinajstić information content (AvgIpc) is 2.89. The summed E-state index contributed by atoms with van der Waals surface area (Å²) in [6.07, 6.45) is 2.12. The molecule has 1 aliphatic heterocycles. The normalized spacial score (nSPS) is 17.9. The van der Waals surface area contributed by atoms with E-state index in [1.807, 2.05) is 23.1 Å². The van der Waals surface area contributed by atoms with E-state index in [9.17, 15) is 4.79 Å². The summed E-state index contributed by atoms with van der Waals surface area (Å²) >= 11 is 4.95. The lowest BCUT2D eigenvalue weighted by molar-refractivity contribution is 0.0658. The third kappa shape index (κ3) is 2.13. The van der Waals surface area contributed by atoms with Crippen LogP contribution in [0.15, 0.2) is 22.7 Å². The molecule has 1 aromatic heterocycles. The highest BCUT2D eigenvalue weighted by atomic mass is 79.9. The highest BCUT2D eigenvalue weighted by Crippen LogP contribution is 2.38. The molecule has 3 nitrogen and oxygen atoms in total. The highest BCUT2D eigenvalue weighted by Gasteiger charge is 2.37. The van der Waals surface area contributed by atoms with Gasteiger partial charge in [0.1, 0.15) is 4.88 Å². The first-order valence-electron chi connectivity index (χ1n) is 6.70. The number of hydrogen-bond donors (Lipinski definition) is 1. The minimum absolute atomic E-state index is 0.0692. The van der Waals surface area contributed by atoms with Crippen LogP contribution in [0.4, 0.5) is 5.69 Å². The summed E-state index contributed by atoms with van der Waals surface area (Å²) in [5.41, 5.74) is 6.74. The number of hydrogen-bond acceptors (Lipinski definition) is 3. The van der Waals surface area contributed by atoms with E-state index >= 15 is 0 Å². The maximum Gasteiger partial charge on any atom is 0.266 e. The van der Waals surface area contributed by atoms with E-state index in [4.69, 9.17) is 5.73 Å². The topological polar surface area (TPSA) is 46.3 Å². The van der Waals surface area contributed by atoms with Crippen LogP contribution in [0, 0.1) is 0 Å². The summed E-state index contributed by atoms with van der Waals surface area (Å²) in [7, 11) is 0. The van der Waals surface area contributed by atoms with Gasteiger partial charge in [0.2, 0.25) is 0 Å². The number of carbonyl (C=O) groups is 1. The van der Waals surface area contributed by atoms with Crippen molar-refractivity contribution in [2.75, 3.05) is 12.3 Å². The highest BCUT2D eigenvalue weighted by molar-refractivity contribution is 9.10. The number of fused-ring (bicyclic) bond motifs is 1. The standard InChI is InChI=1S/C15H17BrN2OS/c1-15(2)6-3-7-18(15)14(19)13-12(17)10-5-4-9(16)8-11(10)20-13/h4-5,8H,3,6-7,17H2,1-2H3. The number of halogens is 1. The number of rotatable bonds is 1. The van der Waals surface area contributed by atoms with Crippen LogP contribution in [0.2, 0.25) is 0 Å². The zero-order chi connectivity index (χ0) is 14.5. The molecule has 1 aromatic carbocycles. The molecular formula is C15H17BrN2OS. The lowest BCUT2D eigenvalue weighted by Gasteiger charge is -2.31. The Labute approximate surface area is 130 Å². The Kier molecular flexibility index (Phi) is 3.29. The summed E-state index contributed by atoms with van der Waals surface area (Å²) in [5, 5.41) is 0.971. The summed E-state index contributed by atoms with van der Waals surface area (Å²) in [6.45, 7) is 5.07. The average molecular weight is 353 g/mol. The monoisotopic (exact) mass is 352 g/mol. The number of nitrogens with two attached hydrogens (primary N) is 1. The predicted molar refractivity (Wildman–Crippen MR) is 88.3 cm³/mol. The lowest BCUT2D eigenvalue weighted by atomic mass is 10.0. The third-order valence-electron chi connectivity index (χ3n) is 4.03. The van der Waals surface area contributed by atoms with E-state index in [0.717, 1.165) is 33.9 Å². The van der Waals surface area contributed by atoms with Gasteiger partial charge in [0.15, 0.2) is 0 Å². The molecule has 106 valence electrons. The van der Waals surface area contributed by atoms with E-state index in [-0.39, 0.29) is 11.4 Å². The number of likely N-dealkylation sites (tertiary alicyclic amines) is 1. The second-order valence-electron chi connectivity index (χ2n) is 5.86. The Balaban J connectivity index is 2.06. The zero-order valence-electron chi connectivity index (χ0n) is 11.6. The largest absolute Gasteiger partial charge is 0.397 e. The Hall–Kier alpha value is -1.07. The van der Waals surface area contributed by atoms with Gasteiger partial charge in [-0.25, -0.2) is 0 Å². The molecule has 0 aliphatic carbocycles. The number of anilines is 1.